The van der Waals surface area contributed by atoms with Crippen molar-refractivity contribution in [2.75, 3.05) is 17.2 Å². The second-order valence-electron chi connectivity index (χ2n) is 9.55. The van der Waals surface area contributed by atoms with Gasteiger partial charge in [0.2, 0.25) is 0 Å². The molecule has 0 amide bonds. The molecule has 1 unspecified atom stereocenters. The number of fused-ring (bicyclic) bond motifs is 3. The van der Waals surface area contributed by atoms with E-state index in [0.717, 1.165) is 48.1 Å². The molecular weight excluding hydrogens is 473 g/mol. The number of hydrogen-bond donors (Lipinski definition) is 1. The highest BCUT2D eigenvalue weighted by Crippen LogP contribution is 2.44. The molecule has 3 atom stereocenters. The summed E-state index contributed by atoms with van der Waals surface area (Å²) in [5.74, 6) is 0.610. The molecule has 6 rings (SSSR count). The van der Waals surface area contributed by atoms with Gasteiger partial charge in [-0.2, -0.15) is 0 Å². The van der Waals surface area contributed by atoms with E-state index in [-0.39, 0.29) is 18.2 Å². The molecule has 34 heavy (non-hydrogen) atoms. The van der Waals surface area contributed by atoms with Gasteiger partial charge in [-0.1, -0.05) is 41.4 Å². The molecule has 7 nitrogen and oxygen atoms in total. The van der Waals surface area contributed by atoms with Crippen molar-refractivity contribution in [3.05, 3.63) is 63.5 Å². The van der Waals surface area contributed by atoms with Gasteiger partial charge in [0, 0.05) is 17.5 Å². The van der Waals surface area contributed by atoms with Gasteiger partial charge in [-0.3, -0.25) is 0 Å². The summed E-state index contributed by atoms with van der Waals surface area (Å²) in [4.78, 5) is 15.4. The number of aromatic nitrogens is 3. The molecule has 9 heteroatoms. The summed E-state index contributed by atoms with van der Waals surface area (Å²) in [5, 5.41) is 1.98. The van der Waals surface area contributed by atoms with Crippen LogP contribution in [0.4, 0.5) is 11.6 Å². The third kappa shape index (κ3) is 3.71. The Morgan fingerprint density at radius 1 is 1.15 bits per heavy atom. The van der Waals surface area contributed by atoms with Gasteiger partial charge in [-0.25, -0.2) is 15.0 Å². The van der Waals surface area contributed by atoms with Crippen molar-refractivity contribution in [3.8, 4) is 0 Å². The Morgan fingerprint density at radius 3 is 2.85 bits per heavy atom. The molecule has 1 aliphatic carbocycles. The Kier molecular flexibility index (Phi) is 5.22. The normalized spacial score (nSPS) is 25.0. The molecule has 0 bridgehead atoms. The van der Waals surface area contributed by atoms with Gasteiger partial charge in [0.25, 0.3) is 0 Å². The summed E-state index contributed by atoms with van der Waals surface area (Å²) in [6.07, 6.45) is 6.19. The van der Waals surface area contributed by atoms with Crippen molar-refractivity contribution in [2.24, 2.45) is 0 Å². The lowest BCUT2D eigenvalue weighted by Gasteiger charge is -2.29. The van der Waals surface area contributed by atoms with E-state index in [2.05, 4.69) is 38.1 Å². The third-order valence-corrected chi connectivity index (χ3v) is 7.51. The fourth-order valence-corrected chi connectivity index (χ4v) is 5.73. The number of pyridine rings is 1. The Balaban J connectivity index is 1.27. The average molecular weight is 498 g/mol. The minimum atomic E-state index is -0.636. The average Bonchev–Trinajstić information content (AvgIpc) is 3.45. The van der Waals surface area contributed by atoms with Crippen LogP contribution in [0, 0.1) is 0 Å². The number of benzene rings is 1. The quantitative estimate of drug-likeness (QED) is 0.411. The zero-order valence-electron chi connectivity index (χ0n) is 19.0. The van der Waals surface area contributed by atoms with E-state index in [1.165, 1.54) is 17.5 Å². The molecule has 3 aromatic rings. The number of anilines is 2. The maximum atomic E-state index is 6.38. The van der Waals surface area contributed by atoms with Gasteiger partial charge in [-0.05, 0) is 56.4 Å². The van der Waals surface area contributed by atoms with Crippen LogP contribution in [0.25, 0.3) is 10.9 Å². The number of halogens is 2. The molecule has 2 N–H and O–H groups in total. The van der Waals surface area contributed by atoms with Crippen molar-refractivity contribution in [1.82, 2.24) is 15.0 Å². The number of hydrogen-bond acceptors (Lipinski definition) is 7. The second-order valence-corrected chi connectivity index (χ2v) is 10.3. The maximum absolute atomic E-state index is 6.38. The largest absolute Gasteiger partial charge is 0.382 e. The fourth-order valence-electron chi connectivity index (χ4n) is 5.35. The van der Waals surface area contributed by atoms with Gasteiger partial charge < -0.3 is 20.1 Å². The molecular formula is C25H25Cl2N5O2. The zero-order chi connectivity index (χ0) is 23.6. The monoisotopic (exact) mass is 497 g/mol. The Hall–Kier alpha value is -2.45. The van der Waals surface area contributed by atoms with Crippen LogP contribution in [-0.4, -0.2) is 45.5 Å². The van der Waals surface area contributed by atoms with E-state index in [4.69, 9.17) is 38.4 Å². The van der Waals surface area contributed by atoms with Crippen LogP contribution < -0.4 is 10.6 Å². The van der Waals surface area contributed by atoms with Crippen LogP contribution in [0.2, 0.25) is 10.2 Å². The molecule has 1 fully saturated rings. The van der Waals surface area contributed by atoms with Gasteiger partial charge in [0.05, 0.1) is 16.6 Å². The van der Waals surface area contributed by atoms with Crippen molar-refractivity contribution in [3.63, 3.8) is 0 Å². The van der Waals surface area contributed by atoms with Crippen molar-refractivity contribution in [2.45, 2.75) is 57.1 Å². The highest BCUT2D eigenvalue weighted by Gasteiger charge is 2.52. The standard InChI is InChI=1S/C25H25Cl2N5O2/c1-25(2)33-20-15(6-4-13-3-5-14-10-17(26)23(28)31-18(14)9-13)11-19(21(20)34-25)32-8-7-16-22(27)29-12-30-24(16)32/h3,5,9-12,19-21H,4,6-8H2,1-2H3,(H2,28,31)/t19?,20-,21+/m1/s1. The molecule has 2 aromatic heterocycles. The van der Waals surface area contributed by atoms with Crippen molar-refractivity contribution >= 4 is 45.7 Å². The van der Waals surface area contributed by atoms with Gasteiger partial charge in [-0.15, -0.1) is 0 Å². The first-order valence-corrected chi connectivity index (χ1v) is 12.2. The molecule has 3 aliphatic rings. The highest BCUT2D eigenvalue weighted by molar-refractivity contribution is 6.33. The molecule has 176 valence electrons. The molecule has 1 aromatic carbocycles. The number of rotatable bonds is 4. The van der Waals surface area contributed by atoms with Crippen molar-refractivity contribution in [1.29, 1.82) is 0 Å². The van der Waals surface area contributed by atoms with Gasteiger partial charge >= 0.3 is 0 Å². The number of ether oxygens (including phenoxy) is 2. The summed E-state index contributed by atoms with van der Waals surface area (Å²) in [7, 11) is 0. The summed E-state index contributed by atoms with van der Waals surface area (Å²) >= 11 is 12.5. The molecule has 4 heterocycles. The molecule has 0 radical (unpaired) electrons. The van der Waals surface area contributed by atoms with Crippen LogP contribution in [0.1, 0.15) is 31.4 Å². The molecule has 2 aliphatic heterocycles. The van der Waals surface area contributed by atoms with Crippen LogP contribution in [0.5, 0.6) is 0 Å². The zero-order valence-corrected chi connectivity index (χ0v) is 20.5. The van der Waals surface area contributed by atoms with E-state index in [0.29, 0.717) is 16.0 Å². The SMILES string of the molecule is CC1(C)O[C@@H]2C(CCc3ccc4cc(Cl)c(N)nc4c3)=CC(N3CCc4c(Cl)ncnc43)[C@@H]2O1. The Morgan fingerprint density at radius 2 is 2.00 bits per heavy atom. The van der Waals surface area contributed by atoms with E-state index in [9.17, 15) is 0 Å². The maximum Gasteiger partial charge on any atom is 0.164 e. The first kappa shape index (κ1) is 22.0. The minimum absolute atomic E-state index is 0.0363. The van der Waals surface area contributed by atoms with Crippen molar-refractivity contribution < 1.29 is 9.47 Å². The minimum Gasteiger partial charge on any atom is -0.382 e. The summed E-state index contributed by atoms with van der Waals surface area (Å²) in [5.41, 5.74) is 10.2. The summed E-state index contributed by atoms with van der Waals surface area (Å²) in [6, 6.07) is 8.13. The summed E-state index contributed by atoms with van der Waals surface area (Å²) < 4.78 is 12.7. The molecule has 0 spiro atoms. The van der Waals surface area contributed by atoms with E-state index < -0.39 is 5.79 Å². The lowest BCUT2D eigenvalue weighted by Crippen LogP contribution is -2.43. The predicted octanol–water partition coefficient (Wildman–Crippen LogP) is 4.74. The Labute approximate surface area is 207 Å². The lowest BCUT2D eigenvalue weighted by molar-refractivity contribution is -0.146. The topological polar surface area (TPSA) is 86.4 Å². The molecule has 1 saturated heterocycles. The number of nitrogens with two attached hydrogens (primary N) is 1. The number of aryl methyl sites for hydroxylation is 1. The smallest absolute Gasteiger partial charge is 0.164 e. The summed E-state index contributed by atoms with van der Waals surface area (Å²) in [6.45, 7) is 4.78. The predicted molar refractivity (Wildman–Crippen MR) is 133 cm³/mol. The first-order chi connectivity index (χ1) is 16.3. The van der Waals surface area contributed by atoms with E-state index in [1.807, 2.05) is 26.0 Å². The van der Waals surface area contributed by atoms with Crippen LogP contribution >= 0.6 is 23.2 Å². The molecule has 0 saturated carbocycles. The van der Waals surface area contributed by atoms with Crippen LogP contribution in [-0.2, 0) is 22.3 Å². The van der Waals surface area contributed by atoms with Crippen LogP contribution in [0.3, 0.4) is 0 Å². The van der Waals surface area contributed by atoms with E-state index in [1.54, 1.807) is 0 Å². The first-order valence-electron chi connectivity index (χ1n) is 11.5. The van der Waals surface area contributed by atoms with E-state index >= 15 is 0 Å². The Bertz CT molecular complexity index is 1330. The highest BCUT2D eigenvalue weighted by atomic mass is 35.5. The number of nitrogens with zero attached hydrogens (tertiary/aromatic N) is 4. The second kappa shape index (κ2) is 8.05. The van der Waals surface area contributed by atoms with Gasteiger partial charge in [0.15, 0.2) is 5.79 Å². The number of nitrogen functional groups attached to an aromatic ring is 1. The lowest BCUT2D eigenvalue weighted by atomic mass is 10.0. The van der Waals surface area contributed by atoms with Gasteiger partial charge in [0.1, 0.15) is 35.3 Å². The fraction of sp³-hybridized carbons (Fsp3) is 0.400. The van der Waals surface area contributed by atoms with Crippen LogP contribution in [0.15, 0.2) is 42.2 Å². The third-order valence-electron chi connectivity index (χ3n) is 6.89.